The van der Waals surface area contributed by atoms with E-state index in [2.05, 4.69) is 39.8 Å². The molecule has 0 fully saturated rings. The fourth-order valence-electron chi connectivity index (χ4n) is 3.10. The molecule has 0 saturated carbocycles. The predicted molar refractivity (Wildman–Crippen MR) is 124 cm³/mol. The average Bonchev–Trinajstić information content (AvgIpc) is 2.66. The van der Waals surface area contributed by atoms with E-state index in [9.17, 15) is 4.79 Å². The van der Waals surface area contributed by atoms with Crippen LogP contribution in [0.25, 0.3) is 0 Å². The van der Waals surface area contributed by atoms with E-state index >= 15 is 0 Å². The normalized spacial score (nSPS) is 11.0. The van der Waals surface area contributed by atoms with Crippen molar-refractivity contribution in [3.63, 3.8) is 0 Å². The number of rotatable bonds is 18. The van der Waals surface area contributed by atoms with Crippen molar-refractivity contribution in [1.29, 1.82) is 0 Å². The molecule has 27 heavy (non-hydrogen) atoms. The molecule has 2 nitrogen and oxygen atoms in total. The molecule has 0 aliphatic carbocycles. The van der Waals surface area contributed by atoms with Crippen LogP contribution in [0.4, 0.5) is 0 Å². The quantitative estimate of drug-likeness (QED) is 0.101. The molecule has 0 spiro atoms. The summed E-state index contributed by atoms with van der Waals surface area (Å²) in [7, 11) is 0. The maximum absolute atomic E-state index is 10.3. The van der Waals surface area contributed by atoms with Gasteiger partial charge in [0.2, 0.25) is 0 Å². The molecular weight excluding hydrogens is 527 g/mol. The van der Waals surface area contributed by atoms with Crippen molar-refractivity contribution in [2.24, 2.45) is 0 Å². The molecule has 3 heteroatoms. The van der Waals surface area contributed by atoms with Crippen LogP contribution in [-0.2, 0) is 4.79 Å². The summed E-state index contributed by atoms with van der Waals surface area (Å²) < 4.78 is 4.70. The van der Waals surface area contributed by atoms with Crippen LogP contribution in [0.15, 0.2) is 12.2 Å². The third-order valence-electron chi connectivity index (χ3n) is 5.15. The number of hydrogen-bond acceptors (Lipinski definition) is 1. The van der Waals surface area contributed by atoms with Gasteiger partial charge in [-0.15, -0.1) is 0 Å². The van der Waals surface area contributed by atoms with Gasteiger partial charge in [0.05, 0.1) is 0 Å². The van der Waals surface area contributed by atoms with Crippen molar-refractivity contribution >= 4 is 28.7 Å². The molecule has 0 aliphatic rings. The summed E-state index contributed by atoms with van der Waals surface area (Å²) in [6.07, 6.45) is 21.2. The van der Waals surface area contributed by atoms with Gasteiger partial charge in [-0.1, -0.05) is 70.4 Å². The van der Waals surface area contributed by atoms with Crippen LogP contribution in [0.2, 0.25) is 11.9 Å². The minimum atomic E-state index is -0.789. The fraction of sp³-hybridized carbons (Fsp3) is 0.875. The number of carbonyl (C=O) groups is 1. The van der Waals surface area contributed by atoms with Crippen molar-refractivity contribution in [1.82, 2.24) is 0 Å². The van der Waals surface area contributed by atoms with Crippen molar-refractivity contribution < 1.29 is 9.90 Å². The first kappa shape index (κ1) is 29.3. The number of aliphatic carboxylic acids is 1. The Balaban J connectivity index is 0. The Morgan fingerprint density at radius 1 is 0.667 bits per heavy atom. The molecule has 0 aromatic rings. The van der Waals surface area contributed by atoms with Gasteiger partial charge in [-0.3, -0.25) is 4.79 Å². The van der Waals surface area contributed by atoms with E-state index in [-0.39, 0.29) is 0 Å². The van der Waals surface area contributed by atoms with E-state index in [1.807, 2.05) is 0 Å². The van der Waals surface area contributed by atoms with Crippen molar-refractivity contribution in [2.75, 3.05) is 0 Å². The molecule has 0 heterocycles. The molecule has 0 aliphatic heterocycles. The van der Waals surface area contributed by atoms with Gasteiger partial charge in [-0.25, -0.2) is 0 Å². The van der Waals surface area contributed by atoms with Gasteiger partial charge in [0, 0.05) is 6.42 Å². The molecule has 0 saturated heterocycles. The van der Waals surface area contributed by atoms with Gasteiger partial charge >= 0.3 is 61.4 Å². The van der Waals surface area contributed by atoms with E-state index in [1.54, 1.807) is 11.9 Å². The van der Waals surface area contributed by atoms with Crippen LogP contribution < -0.4 is 0 Å². The molecule has 0 aromatic heterocycles. The molecule has 0 atom stereocenters. The van der Waals surface area contributed by atoms with Crippen LogP contribution in [0.3, 0.4) is 0 Å². The zero-order valence-electron chi connectivity index (χ0n) is 19.0. The summed E-state index contributed by atoms with van der Waals surface area (Å²) in [5, 5.41) is 8.51. The number of unbranched alkanes of at least 4 members (excludes halogenated alkanes) is 11. The third-order valence-corrected chi connectivity index (χ3v) is 16.8. The number of allylic oxidation sites excluding steroid dienone is 2. The van der Waals surface area contributed by atoms with E-state index < -0.39 is 28.7 Å². The average molecular weight is 577 g/mol. The zero-order valence-corrected chi connectivity index (χ0v) is 22.9. The monoisotopic (exact) mass is 577 g/mol. The summed E-state index contributed by atoms with van der Waals surface area (Å²) in [6, 6.07) is 0. The topological polar surface area (TPSA) is 37.3 Å². The second-order valence-corrected chi connectivity index (χ2v) is 21.6. The Hall–Kier alpha value is 0.132. The number of hydrogen-bond donors (Lipinski definition) is 1. The van der Waals surface area contributed by atoms with Crippen molar-refractivity contribution in [3.8, 4) is 0 Å². The van der Waals surface area contributed by atoms with Crippen LogP contribution in [0.1, 0.15) is 118 Å². The SMILES string of the molecule is CCCCCCCC/C=C\CCCCCCCC(=O)O.C[CH2][Pb]([CH2]C)[CH2]C. The van der Waals surface area contributed by atoms with Gasteiger partial charge in [0.1, 0.15) is 0 Å². The summed E-state index contributed by atoms with van der Waals surface area (Å²) in [4.78, 5) is 10.3. The first-order valence-corrected chi connectivity index (χ1v) is 20.1. The first-order chi connectivity index (χ1) is 13.1. The summed E-state index contributed by atoms with van der Waals surface area (Å²) >= 11 is -0.789. The molecule has 0 aromatic carbocycles. The molecule has 0 unspecified atom stereocenters. The Morgan fingerprint density at radius 3 is 1.44 bits per heavy atom. The molecule has 161 valence electrons. The Bertz CT molecular complexity index is 306. The summed E-state index contributed by atoms with van der Waals surface area (Å²) in [5.41, 5.74) is 0. The Kier molecular flexibility index (Phi) is 28.4. The molecule has 0 bridgehead atoms. The standard InChI is InChI=1S/C18H34O2.3C2H5.Pb/c1-2-3-4-5-6-7-8-9-10-11-12-13-14-15-16-17-18(19)20;3*1-2;/h9-10H,2-8,11-17H2,1H3,(H,19,20);3*1H2,2H3;/b10-9-;;;;. The van der Waals surface area contributed by atoms with E-state index in [0.717, 1.165) is 12.8 Å². The molecule has 0 rings (SSSR count). The maximum atomic E-state index is 10.3. The van der Waals surface area contributed by atoms with Crippen molar-refractivity contribution in [3.05, 3.63) is 12.2 Å². The summed E-state index contributed by atoms with van der Waals surface area (Å²) in [6.45, 7) is 9.33. The van der Waals surface area contributed by atoms with Gasteiger partial charge in [0.25, 0.3) is 0 Å². The van der Waals surface area contributed by atoms with E-state index in [4.69, 9.17) is 5.11 Å². The number of carboxylic acid groups (broad SMARTS) is 1. The summed E-state index contributed by atoms with van der Waals surface area (Å²) in [5.74, 6) is -0.664. The van der Waals surface area contributed by atoms with Crippen LogP contribution in [0, 0.1) is 0 Å². The van der Waals surface area contributed by atoms with Gasteiger partial charge in [-0.05, 0) is 32.1 Å². The van der Waals surface area contributed by atoms with Crippen LogP contribution >= 0.6 is 0 Å². The zero-order chi connectivity index (χ0) is 20.6. The Morgan fingerprint density at radius 2 is 1.07 bits per heavy atom. The van der Waals surface area contributed by atoms with E-state index in [0.29, 0.717) is 6.42 Å². The van der Waals surface area contributed by atoms with Gasteiger partial charge in [-0.2, -0.15) is 0 Å². The third kappa shape index (κ3) is 28.4. The van der Waals surface area contributed by atoms with E-state index in [1.165, 1.54) is 70.6 Å². The molecule has 1 N–H and O–H groups in total. The fourth-order valence-corrected chi connectivity index (χ4v) is 8.93. The predicted octanol–water partition coefficient (Wildman–Crippen LogP) is 8.65. The van der Waals surface area contributed by atoms with Gasteiger partial charge < -0.3 is 5.11 Å². The molecule has 0 amide bonds. The van der Waals surface area contributed by atoms with Crippen LogP contribution in [-0.4, -0.2) is 33.8 Å². The number of carboxylic acids is 1. The van der Waals surface area contributed by atoms with Gasteiger partial charge in [0.15, 0.2) is 0 Å². The second kappa shape index (κ2) is 26.1. The Labute approximate surface area is 179 Å². The first-order valence-electron chi connectivity index (χ1n) is 11.8. The second-order valence-electron chi connectivity index (χ2n) is 7.54. The molecule has 1 radical (unpaired) electrons. The van der Waals surface area contributed by atoms with Crippen molar-refractivity contribution in [2.45, 2.75) is 130 Å². The minimum absolute atomic E-state index is 0.332. The van der Waals surface area contributed by atoms with Crippen LogP contribution in [0.5, 0.6) is 0 Å². The molecular formula is C24H49O2Pb.